The Morgan fingerprint density at radius 2 is 1.54 bits per heavy atom. The molecule has 0 saturated carbocycles. The number of carbonyl (C=O) groups is 2. The molecule has 0 aliphatic carbocycles. The van der Waals surface area contributed by atoms with Gasteiger partial charge >= 0.3 is 12.0 Å². The summed E-state index contributed by atoms with van der Waals surface area (Å²) in [6, 6.07) is 32.4. The lowest BCUT2D eigenvalue weighted by Gasteiger charge is -2.41. The number of hydrogen-bond donors (Lipinski definition) is 3. The molecular formula is C43H49N3O8. The SMILES string of the molecule is COC(=O)[C@H](Cc1ccccc1)NC(=O)NCc1cccc(-c2cccc([C@H]3O[C@@H](CN4CCC5(CC4)OCCO5)C[C@@H](c4ccc(CO)cc4)O3)c2)c1. The molecule has 0 aromatic heterocycles. The molecular weight excluding hydrogens is 686 g/mol. The van der Waals surface area contributed by atoms with Crippen LogP contribution in [0.1, 0.15) is 59.5 Å². The quantitative estimate of drug-likeness (QED) is 0.155. The number of aliphatic hydroxyl groups is 1. The van der Waals surface area contributed by atoms with Gasteiger partial charge in [-0.15, -0.1) is 0 Å². The first-order valence-corrected chi connectivity index (χ1v) is 18.7. The second kappa shape index (κ2) is 17.7. The number of piperidine rings is 1. The first-order chi connectivity index (χ1) is 26.4. The number of methoxy groups -OCH3 is 1. The van der Waals surface area contributed by atoms with Crippen molar-refractivity contribution in [1.29, 1.82) is 0 Å². The number of amides is 2. The molecule has 4 aromatic carbocycles. The summed E-state index contributed by atoms with van der Waals surface area (Å²) in [6.07, 6.45) is 1.87. The molecule has 2 amide bonds. The highest BCUT2D eigenvalue weighted by Gasteiger charge is 2.41. The molecule has 4 aromatic rings. The molecule has 3 aliphatic rings. The van der Waals surface area contributed by atoms with Gasteiger partial charge in [0.05, 0.1) is 39.1 Å². The van der Waals surface area contributed by atoms with Gasteiger partial charge in [-0.25, -0.2) is 9.59 Å². The molecule has 3 fully saturated rings. The van der Waals surface area contributed by atoms with Crippen molar-refractivity contribution in [2.45, 2.75) is 69.2 Å². The van der Waals surface area contributed by atoms with Crippen molar-refractivity contribution >= 4 is 12.0 Å². The molecule has 3 saturated heterocycles. The maximum Gasteiger partial charge on any atom is 0.328 e. The van der Waals surface area contributed by atoms with Crippen LogP contribution in [0.3, 0.4) is 0 Å². The van der Waals surface area contributed by atoms with E-state index in [1.54, 1.807) is 0 Å². The average molecular weight is 736 g/mol. The van der Waals surface area contributed by atoms with Gasteiger partial charge in [0, 0.05) is 57.4 Å². The lowest BCUT2D eigenvalue weighted by atomic mass is 9.97. The predicted molar refractivity (Wildman–Crippen MR) is 202 cm³/mol. The van der Waals surface area contributed by atoms with Crippen LogP contribution in [0.25, 0.3) is 11.1 Å². The zero-order chi connectivity index (χ0) is 37.3. The van der Waals surface area contributed by atoms with Gasteiger partial charge in [0.2, 0.25) is 0 Å². The third-order valence-electron chi connectivity index (χ3n) is 10.5. The maximum absolute atomic E-state index is 12.9. The van der Waals surface area contributed by atoms with Crippen molar-refractivity contribution in [1.82, 2.24) is 15.5 Å². The van der Waals surface area contributed by atoms with Gasteiger partial charge in [-0.05, 0) is 45.5 Å². The Balaban J connectivity index is 1.02. The predicted octanol–water partition coefficient (Wildman–Crippen LogP) is 5.81. The van der Waals surface area contributed by atoms with Crippen LogP contribution in [0.5, 0.6) is 0 Å². The number of rotatable bonds is 12. The number of aliphatic hydroxyl groups excluding tert-OH is 1. The Bertz CT molecular complexity index is 1840. The fraction of sp³-hybridized carbons (Fsp3) is 0.395. The lowest BCUT2D eigenvalue weighted by Crippen LogP contribution is -2.48. The van der Waals surface area contributed by atoms with Crippen molar-refractivity contribution in [3.8, 4) is 11.1 Å². The van der Waals surface area contributed by atoms with E-state index in [9.17, 15) is 14.7 Å². The summed E-state index contributed by atoms with van der Waals surface area (Å²) in [7, 11) is 1.31. The van der Waals surface area contributed by atoms with Crippen LogP contribution in [0.4, 0.5) is 4.79 Å². The van der Waals surface area contributed by atoms with Crippen molar-refractivity contribution < 1.29 is 38.4 Å². The van der Waals surface area contributed by atoms with Crippen LogP contribution < -0.4 is 10.6 Å². The van der Waals surface area contributed by atoms with E-state index in [2.05, 4.69) is 27.7 Å². The van der Waals surface area contributed by atoms with Gasteiger partial charge in [0.25, 0.3) is 0 Å². The van der Waals surface area contributed by atoms with Crippen LogP contribution in [0.2, 0.25) is 0 Å². The molecule has 11 nitrogen and oxygen atoms in total. The number of hydrogen-bond acceptors (Lipinski definition) is 9. The summed E-state index contributed by atoms with van der Waals surface area (Å²) in [5.74, 6) is -0.934. The van der Waals surface area contributed by atoms with Gasteiger partial charge in [-0.3, -0.25) is 0 Å². The average Bonchev–Trinajstić information content (AvgIpc) is 3.68. The second-order valence-electron chi connectivity index (χ2n) is 14.2. The largest absolute Gasteiger partial charge is 0.467 e. The minimum atomic E-state index is -0.817. The molecule has 4 atom stereocenters. The standard InChI is InChI=1S/C43H49N3O8/c1-50-40(48)38(24-30-7-3-2-4-8-30)45-42(49)44-27-32-9-5-10-34(23-32)35-11-6-12-36(25-35)41-53-37(26-39(54-41)33-15-13-31(29-47)14-16-33)28-46-19-17-43(18-20-46)51-21-22-52-43/h2-16,23,25,37-39,41,47H,17-22,24,26-29H2,1H3,(H2,44,45,49)/t37-,38+,39+,41+/m1/s1. The molecule has 7 rings (SSSR count). The van der Waals surface area contributed by atoms with E-state index in [0.717, 1.165) is 71.4 Å². The topological polar surface area (TPSA) is 128 Å². The number of ether oxygens (including phenoxy) is 5. The highest BCUT2D eigenvalue weighted by molar-refractivity contribution is 5.83. The van der Waals surface area contributed by atoms with Gasteiger partial charge < -0.3 is 44.3 Å². The summed E-state index contributed by atoms with van der Waals surface area (Å²) in [4.78, 5) is 27.8. The van der Waals surface area contributed by atoms with E-state index in [4.69, 9.17) is 23.7 Å². The van der Waals surface area contributed by atoms with Crippen molar-refractivity contribution in [3.05, 3.63) is 131 Å². The van der Waals surface area contributed by atoms with Crippen LogP contribution in [-0.2, 0) is 48.1 Å². The van der Waals surface area contributed by atoms with Crippen LogP contribution >= 0.6 is 0 Å². The minimum absolute atomic E-state index is 0.00802. The summed E-state index contributed by atoms with van der Waals surface area (Å²) < 4.78 is 30.2. The van der Waals surface area contributed by atoms with Crippen LogP contribution in [0, 0.1) is 0 Å². The number of carbonyl (C=O) groups excluding carboxylic acids is 2. The number of nitrogens with zero attached hydrogens (tertiary/aromatic N) is 1. The third kappa shape index (κ3) is 9.54. The molecule has 0 bridgehead atoms. The van der Waals surface area contributed by atoms with E-state index in [-0.39, 0.29) is 25.4 Å². The molecule has 0 unspecified atom stereocenters. The normalized spacial score (nSPS) is 21.7. The fourth-order valence-electron chi connectivity index (χ4n) is 7.49. The number of esters is 1. The van der Waals surface area contributed by atoms with Crippen LogP contribution in [-0.4, -0.2) is 79.9 Å². The lowest BCUT2D eigenvalue weighted by molar-refractivity contribution is -0.255. The molecule has 0 radical (unpaired) electrons. The minimum Gasteiger partial charge on any atom is -0.467 e. The van der Waals surface area contributed by atoms with E-state index in [0.29, 0.717) is 26.1 Å². The highest BCUT2D eigenvalue weighted by Crippen LogP contribution is 2.40. The highest BCUT2D eigenvalue weighted by atomic mass is 16.7. The second-order valence-corrected chi connectivity index (χ2v) is 14.2. The smallest absolute Gasteiger partial charge is 0.328 e. The Morgan fingerprint density at radius 1 is 0.833 bits per heavy atom. The van der Waals surface area contributed by atoms with Gasteiger partial charge in [-0.2, -0.15) is 0 Å². The Hall–Kier alpha value is -4.62. The first-order valence-electron chi connectivity index (χ1n) is 18.7. The number of nitrogens with one attached hydrogen (secondary N) is 2. The van der Waals surface area contributed by atoms with Crippen molar-refractivity contribution in [2.24, 2.45) is 0 Å². The third-order valence-corrected chi connectivity index (χ3v) is 10.5. The number of benzene rings is 4. The van der Waals surface area contributed by atoms with Crippen molar-refractivity contribution in [3.63, 3.8) is 0 Å². The summed E-state index contributed by atoms with van der Waals surface area (Å²) in [6.45, 7) is 4.11. The van der Waals surface area contributed by atoms with E-state index >= 15 is 0 Å². The molecule has 3 aliphatic heterocycles. The van der Waals surface area contributed by atoms with Gasteiger partial charge in [-0.1, -0.05) is 91.0 Å². The fourth-order valence-corrected chi connectivity index (χ4v) is 7.49. The van der Waals surface area contributed by atoms with Crippen LogP contribution in [0.15, 0.2) is 103 Å². The van der Waals surface area contributed by atoms with E-state index < -0.39 is 30.1 Å². The molecule has 54 heavy (non-hydrogen) atoms. The zero-order valence-electron chi connectivity index (χ0n) is 30.7. The molecule has 3 heterocycles. The Labute approximate surface area is 316 Å². The summed E-state index contributed by atoms with van der Waals surface area (Å²) >= 11 is 0. The molecule has 1 spiro atoms. The van der Waals surface area contributed by atoms with Crippen molar-refractivity contribution in [2.75, 3.05) is 40.0 Å². The maximum atomic E-state index is 12.9. The Morgan fingerprint density at radius 3 is 2.26 bits per heavy atom. The Kier molecular flexibility index (Phi) is 12.3. The zero-order valence-corrected chi connectivity index (χ0v) is 30.7. The molecule has 3 N–H and O–H groups in total. The van der Waals surface area contributed by atoms with Gasteiger partial charge in [0.1, 0.15) is 6.04 Å². The monoisotopic (exact) mass is 735 g/mol. The molecule has 284 valence electrons. The summed E-state index contributed by atoms with van der Waals surface area (Å²) in [5, 5.41) is 15.3. The number of urea groups is 1. The van der Waals surface area contributed by atoms with Gasteiger partial charge in [0.15, 0.2) is 12.1 Å². The van der Waals surface area contributed by atoms with E-state index in [1.165, 1.54) is 7.11 Å². The first kappa shape index (κ1) is 37.7. The molecule has 11 heteroatoms. The summed E-state index contributed by atoms with van der Waals surface area (Å²) in [5.41, 5.74) is 6.61. The number of likely N-dealkylation sites (tertiary alicyclic amines) is 1. The van der Waals surface area contributed by atoms with E-state index in [1.807, 2.05) is 91.0 Å².